The van der Waals surface area contributed by atoms with Crippen molar-refractivity contribution >= 4 is 11.7 Å². The molecule has 0 radical (unpaired) electrons. The minimum Gasteiger partial charge on any atom is -0.481 e. The molecule has 0 saturated carbocycles. The zero-order valence-electron chi connectivity index (χ0n) is 11.4. The van der Waals surface area contributed by atoms with E-state index in [2.05, 4.69) is 15.0 Å². The standard InChI is InChI=1S/C15H16N2O3/c1-19-14-8-7-13(10-17-14)16-9-11-3-5-12(6-4-11)15(18)20-2/h3-8,10,16H,9H2,1-2H3. The Labute approximate surface area is 117 Å². The summed E-state index contributed by atoms with van der Waals surface area (Å²) in [4.78, 5) is 15.4. The first-order chi connectivity index (χ1) is 9.72. The lowest BCUT2D eigenvalue weighted by atomic mass is 10.1. The Bertz CT molecular complexity index is 565. The molecule has 1 N–H and O–H groups in total. The molecule has 0 saturated heterocycles. The molecule has 104 valence electrons. The van der Waals surface area contributed by atoms with E-state index in [1.54, 1.807) is 31.5 Å². The number of esters is 1. The monoisotopic (exact) mass is 272 g/mol. The molecule has 5 nitrogen and oxygen atoms in total. The minimum atomic E-state index is -0.330. The fourth-order valence-corrected chi connectivity index (χ4v) is 1.69. The Morgan fingerprint density at radius 3 is 2.45 bits per heavy atom. The van der Waals surface area contributed by atoms with Gasteiger partial charge in [0, 0.05) is 12.6 Å². The lowest BCUT2D eigenvalue weighted by Crippen LogP contribution is -2.03. The number of ether oxygens (including phenoxy) is 2. The largest absolute Gasteiger partial charge is 0.481 e. The van der Waals surface area contributed by atoms with Crippen LogP contribution in [0.3, 0.4) is 0 Å². The molecule has 0 bridgehead atoms. The molecule has 0 aliphatic rings. The molecule has 1 heterocycles. The zero-order valence-corrected chi connectivity index (χ0v) is 11.4. The SMILES string of the molecule is COC(=O)c1ccc(CNc2ccc(OC)nc2)cc1. The average molecular weight is 272 g/mol. The second-order valence-corrected chi connectivity index (χ2v) is 4.13. The first-order valence-electron chi connectivity index (χ1n) is 6.14. The van der Waals surface area contributed by atoms with Gasteiger partial charge in [0.1, 0.15) is 0 Å². The molecule has 1 aromatic heterocycles. The fourth-order valence-electron chi connectivity index (χ4n) is 1.69. The summed E-state index contributed by atoms with van der Waals surface area (Å²) in [7, 11) is 2.95. The fraction of sp³-hybridized carbons (Fsp3) is 0.200. The Hall–Kier alpha value is -2.56. The predicted octanol–water partition coefficient (Wildman–Crippen LogP) is 2.49. The molecule has 0 spiro atoms. The van der Waals surface area contributed by atoms with Gasteiger partial charge in [0.15, 0.2) is 0 Å². The molecule has 0 aliphatic heterocycles. The topological polar surface area (TPSA) is 60.5 Å². The van der Waals surface area contributed by atoms with Crippen LogP contribution < -0.4 is 10.1 Å². The van der Waals surface area contributed by atoms with E-state index in [-0.39, 0.29) is 5.97 Å². The van der Waals surface area contributed by atoms with Crippen LogP contribution in [0.4, 0.5) is 5.69 Å². The Morgan fingerprint density at radius 1 is 1.15 bits per heavy atom. The average Bonchev–Trinajstić information content (AvgIpc) is 2.53. The highest BCUT2D eigenvalue weighted by Gasteiger charge is 2.04. The van der Waals surface area contributed by atoms with Gasteiger partial charge in [0.05, 0.1) is 31.7 Å². The van der Waals surface area contributed by atoms with Crippen molar-refractivity contribution in [2.24, 2.45) is 0 Å². The maximum atomic E-state index is 11.3. The van der Waals surface area contributed by atoms with Gasteiger partial charge in [-0.2, -0.15) is 0 Å². The molecule has 2 rings (SSSR count). The number of carbonyl (C=O) groups excluding carboxylic acids is 1. The van der Waals surface area contributed by atoms with E-state index >= 15 is 0 Å². The quantitative estimate of drug-likeness (QED) is 0.847. The third-order valence-electron chi connectivity index (χ3n) is 2.82. The first kappa shape index (κ1) is 13.9. The number of hydrogen-bond donors (Lipinski definition) is 1. The number of carbonyl (C=O) groups is 1. The van der Waals surface area contributed by atoms with Gasteiger partial charge in [0.2, 0.25) is 5.88 Å². The number of aromatic nitrogens is 1. The van der Waals surface area contributed by atoms with Crippen molar-refractivity contribution in [2.45, 2.75) is 6.54 Å². The van der Waals surface area contributed by atoms with Crippen molar-refractivity contribution in [1.82, 2.24) is 4.98 Å². The summed E-state index contributed by atoms with van der Waals surface area (Å²) in [5.41, 5.74) is 2.51. The van der Waals surface area contributed by atoms with Crippen LogP contribution in [-0.4, -0.2) is 25.2 Å². The number of hydrogen-bond acceptors (Lipinski definition) is 5. The van der Waals surface area contributed by atoms with E-state index in [9.17, 15) is 4.79 Å². The number of benzene rings is 1. The summed E-state index contributed by atoms with van der Waals surface area (Å²) in [5.74, 6) is 0.252. The van der Waals surface area contributed by atoms with E-state index < -0.39 is 0 Å². The van der Waals surface area contributed by atoms with Crippen molar-refractivity contribution in [3.63, 3.8) is 0 Å². The summed E-state index contributed by atoms with van der Waals surface area (Å²) in [6.07, 6.45) is 1.71. The van der Waals surface area contributed by atoms with Gasteiger partial charge in [-0.3, -0.25) is 0 Å². The molecule has 20 heavy (non-hydrogen) atoms. The summed E-state index contributed by atoms with van der Waals surface area (Å²) >= 11 is 0. The lowest BCUT2D eigenvalue weighted by Gasteiger charge is -2.07. The zero-order chi connectivity index (χ0) is 14.4. The van der Waals surface area contributed by atoms with Crippen molar-refractivity contribution in [1.29, 1.82) is 0 Å². The van der Waals surface area contributed by atoms with Crippen LogP contribution in [0.15, 0.2) is 42.6 Å². The molecule has 1 aromatic carbocycles. The van der Waals surface area contributed by atoms with Gasteiger partial charge in [-0.05, 0) is 23.8 Å². The van der Waals surface area contributed by atoms with Gasteiger partial charge >= 0.3 is 5.97 Å². The highest BCUT2D eigenvalue weighted by atomic mass is 16.5. The van der Waals surface area contributed by atoms with Gasteiger partial charge in [-0.1, -0.05) is 12.1 Å². The maximum Gasteiger partial charge on any atom is 0.337 e. The summed E-state index contributed by atoms with van der Waals surface area (Å²) in [6.45, 7) is 0.648. The Kier molecular flexibility index (Phi) is 4.55. The molecule has 0 fully saturated rings. The van der Waals surface area contributed by atoms with Crippen LogP contribution >= 0.6 is 0 Å². The highest BCUT2D eigenvalue weighted by molar-refractivity contribution is 5.89. The summed E-state index contributed by atoms with van der Waals surface area (Å²) in [5, 5.41) is 3.24. The van der Waals surface area contributed by atoms with Crippen molar-refractivity contribution < 1.29 is 14.3 Å². The van der Waals surface area contributed by atoms with Gasteiger partial charge in [-0.15, -0.1) is 0 Å². The smallest absolute Gasteiger partial charge is 0.337 e. The van der Waals surface area contributed by atoms with E-state index in [1.165, 1.54) is 7.11 Å². The molecular formula is C15H16N2O3. The third-order valence-corrected chi connectivity index (χ3v) is 2.82. The number of nitrogens with one attached hydrogen (secondary N) is 1. The van der Waals surface area contributed by atoms with Crippen molar-refractivity contribution in [3.05, 3.63) is 53.7 Å². The van der Waals surface area contributed by atoms with E-state index in [4.69, 9.17) is 4.74 Å². The van der Waals surface area contributed by atoms with Crippen LogP contribution in [0.1, 0.15) is 15.9 Å². The Morgan fingerprint density at radius 2 is 1.90 bits per heavy atom. The normalized spacial score (nSPS) is 9.90. The van der Waals surface area contributed by atoms with Crippen LogP contribution in [0.25, 0.3) is 0 Å². The molecule has 0 amide bonds. The summed E-state index contributed by atoms with van der Waals surface area (Å²) in [6, 6.07) is 11.0. The lowest BCUT2D eigenvalue weighted by molar-refractivity contribution is 0.0600. The number of methoxy groups -OCH3 is 2. The van der Waals surface area contributed by atoms with Crippen molar-refractivity contribution in [2.75, 3.05) is 19.5 Å². The second kappa shape index (κ2) is 6.56. The number of anilines is 1. The number of nitrogens with zero attached hydrogens (tertiary/aromatic N) is 1. The van der Waals surface area contributed by atoms with Gasteiger partial charge in [0.25, 0.3) is 0 Å². The minimum absolute atomic E-state index is 0.330. The molecule has 0 unspecified atom stereocenters. The van der Waals surface area contributed by atoms with Crippen LogP contribution in [-0.2, 0) is 11.3 Å². The molecule has 5 heteroatoms. The van der Waals surface area contributed by atoms with Crippen LogP contribution in [0.2, 0.25) is 0 Å². The molecule has 0 atom stereocenters. The van der Waals surface area contributed by atoms with E-state index in [0.717, 1.165) is 11.3 Å². The Balaban J connectivity index is 1.94. The molecular weight excluding hydrogens is 256 g/mol. The third kappa shape index (κ3) is 3.47. The highest BCUT2D eigenvalue weighted by Crippen LogP contribution is 2.13. The van der Waals surface area contributed by atoms with Crippen molar-refractivity contribution in [3.8, 4) is 5.88 Å². The number of rotatable bonds is 5. The van der Waals surface area contributed by atoms with Crippen LogP contribution in [0.5, 0.6) is 5.88 Å². The van der Waals surface area contributed by atoms with Gasteiger partial charge < -0.3 is 14.8 Å². The second-order valence-electron chi connectivity index (χ2n) is 4.13. The van der Waals surface area contributed by atoms with E-state index in [1.807, 2.05) is 18.2 Å². The maximum absolute atomic E-state index is 11.3. The summed E-state index contributed by atoms with van der Waals surface area (Å²) < 4.78 is 9.65. The molecule has 0 aliphatic carbocycles. The van der Waals surface area contributed by atoms with Crippen LogP contribution in [0, 0.1) is 0 Å². The van der Waals surface area contributed by atoms with E-state index in [0.29, 0.717) is 18.0 Å². The predicted molar refractivity (Wildman–Crippen MR) is 75.9 cm³/mol. The van der Waals surface area contributed by atoms with Gasteiger partial charge in [-0.25, -0.2) is 9.78 Å². The molecule has 2 aromatic rings. The first-order valence-corrected chi connectivity index (χ1v) is 6.14. The number of pyridine rings is 1.